The predicted octanol–water partition coefficient (Wildman–Crippen LogP) is 3.62. The molecule has 0 saturated carbocycles. The Morgan fingerprint density at radius 3 is 2.62 bits per heavy atom. The van der Waals surface area contributed by atoms with E-state index in [9.17, 15) is 13.2 Å². The average Bonchev–Trinajstić information content (AvgIpc) is 2.15. The van der Waals surface area contributed by atoms with Gasteiger partial charge in [-0.1, -0.05) is 12.2 Å². The van der Waals surface area contributed by atoms with Gasteiger partial charge in [-0.2, -0.15) is 13.2 Å². The van der Waals surface area contributed by atoms with Crippen LogP contribution in [-0.4, -0.2) is 9.97 Å². The molecule has 16 heavy (non-hydrogen) atoms. The summed E-state index contributed by atoms with van der Waals surface area (Å²) >= 11 is 4.93. The van der Waals surface area contributed by atoms with Crippen LogP contribution in [0.25, 0.3) is 10.9 Å². The van der Waals surface area contributed by atoms with Gasteiger partial charge in [0, 0.05) is 10.9 Å². The van der Waals surface area contributed by atoms with Gasteiger partial charge < -0.3 is 4.98 Å². The molecule has 0 amide bonds. The fourth-order valence-electron chi connectivity index (χ4n) is 1.44. The lowest BCUT2D eigenvalue weighted by Crippen LogP contribution is -2.04. The lowest BCUT2D eigenvalue weighted by atomic mass is 10.1. The third-order valence-corrected chi connectivity index (χ3v) is 2.47. The van der Waals surface area contributed by atoms with Crippen molar-refractivity contribution in [1.82, 2.24) is 9.97 Å². The first-order chi connectivity index (χ1) is 7.38. The van der Waals surface area contributed by atoms with Crippen molar-refractivity contribution in [2.45, 2.75) is 13.1 Å². The first kappa shape index (κ1) is 11.1. The molecule has 0 saturated heterocycles. The molecule has 1 aromatic heterocycles. The quantitative estimate of drug-likeness (QED) is 0.717. The number of alkyl halides is 3. The minimum atomic E-state index is -4.36. The van der Waals surface area contributed by atoms with Crippen LogP contribution in [-0.2, 0) is 6.18 Å². The number of aryl methyl sites for hydroxylation is 1. The first-order valence-electron chi connectivity index (χ1n) is 4.46. The van der Waals surface area contributed by atoms with Crippen molar-refractivity contribution in [1.29, 1.82) is 0 Å². The van der Waals surface area contributed by atoms with Crippen molar-refractivity contribution in [2.75, 3.05) is 0 Å². The van der Waals surface area contributed by atoms with Gasteiger partial charge in [-0.15, -0.1) is 0 Å². The van der Waals surface area contributed by atoms with Gasteiger partial charge in [-0.25, -0.2) is 4.98 Å². The standard InChI is InChI=1S/C10H7F3N2S/c1-5-14-8-3-2-6(10(11,12)13)4-7(8)9(16)15-5/h2-4H,1H3,(H,14,15,16). The Morgan fingerprint density at radius 2 is 2.00 bits per heavy atom. The number of aromatic nitrogens is 2. The number of rotatable bonds is 0. The highest BCUT2D eigenvalue weighted by Crippen LogP contribution is 2.31. The summed E-state index contributed by atoms with van der Waals surface area (Å²) in [5, 5.41) is 0.315. The number of benzene rings is 1. The van der Waals surface area contributed by atoms with Gasteiger partial charge in [0.05, 0.1) is 5.56 Å². The molecule has 1 aromatic carbocycles. The van der Waals surface area contributed by atoms with Crippen LogP contribution in [0.3, 0.4) is 0 Å². The zero-order valence-electron chi connectivity index (χ0n) is 8.22. The Kier molecular flexibility index (Phi) is 2.46. The third-order valence-electron chi connectivity index (χ3n) is 2.16. The molecule has 84 valence electrons. The smallest absolute Gasteiger partial charge is 0.343 e. The number of fused-ring (bicyclic) bond motifs is 1. The maximum atomic E-state index is 12.5. The maximum absolute atomic E-state index is 12.5. The van der Waals surface area contributed by atoms with Crippen LogP contribution in [0.4, 0.5) is 13.2 Å². The van der Waals surface area contributed by atoms with Gasteiger partial charge in [0.2, 0.25) is 0 Å². The monoisotopic (exact) mass is 244 g/mol. The minimum Gasteiger partial charge on any atom is -0.343 e. The Morgan fingerprint density at radius 1 is 1.31 bits per heavy atom. The number of hydrogen-bond donors (Lipinski definition) is 1. The zero-order chi connectivity index (χ0) is 11.9. The number of hydrogen-bond acceptors (Lipinski definition) is 2. The van der Waals surface area contributed by atoms with E-state index in [-0.39, 0.29) is 4.64 Å². The van der Waals surface area contributed by atoms with Crippen LogP contribution in [0.5, 0.6) is 0 Å². The maximum Gasteiger partial charge on any atom is 0.416 e. The molecule has 1 N–H and O–H groups in total. The van der Waals surface area contributed by atoms with E-state index in [0.29, 0.717) is 16.7 Å². The van der Waals surface area contributed by atoms with Crippen LogP contribution < -0.4 is 0 Å². The van der Waals surface area contributed by atoms with Gasteiger partial charge in [-0.05, 0) is 25.1 Å². The highest BCUT2D eigenvalue weighted by molar-refractivity contribution is 7.71. The average molecular weight is 244 g/mol. The van der Waals surface area contributed by atoms with E-state index >= 15 is 0 Å². The molecular formula is C10H7F3N2S. The molecule has 0 spiro atoms. The van der Waals surface area contributed by atoms with Crippen LogP contribution in [0, 0.1) is 11.6 Å². The van der Waals surface area contributed by atoms with Crippen LogP contribution in [0.2, 0.25) is 0 Å². The van der Waals surface area contributed by atoms with E-state index in [2.05, 4.69) is 9.97 Å². The SMILES string of the molecule is Cc1nc(=S)c2cc(C(F)(F)F)ccc2[nH]1. The lowest BCUT2D eigenvalue weighted by Gasteiger charge is -2.07. The summed E-state index contributed by atoms with van der Waals surface area (Å²) in [5.74, 6) is 0.581. The molecule has 0 radical (unpaired) electrons. The summed E-state index contributed by atoms with van der Waals surface area (Å²) in [6.07, 6.45) is -4.36. The van der Waals surface area contributed by atoms with E-state index in [4.69, 9.17) is 12.2 Å². The molecule has 0 fully saturated rings. The Balaban J connectivity index is 2.77. The summed E-state index contributed by atoms with van der Waals surface area (Å²) in [6.45, 7) is 1.70. The third kappa shape index (κ3) is 1.92. The van der Waals surface area contributed by atoms with E-state index in [1.54, 1.807) is 6.92 Å². The second-order valence-corrected chi connectivity index (χ2v) is 3.77. The van der Waals surface area contributed by atoms with Crippen molar-refractivity contribution in [3.63, 3.8) is 0 Å². The van der Waals surface area contributed by atoms with E-state index in [1.807, 2.05) is 0 Å². The molecule has 0 aliphatic heterocycles. The fourth-order valence-corrected chi connectivity index (χ4v) is 1.75. The Hall–Kier alpha value is -1.43. The molecule has 2 aromatic rings. The highest BCUT2D eigenvalue weighted by atomic mass is 32.1. The second-order valence-electron chi connectivity index (χ2n) is 3.39. The zero-order valence-corrected chi connectivity index (χ0v) is 9.04. The molecule has 0 unspecified atom stereocenters. The second kappa shape index (κ2) is 3.55. The number of aromatic amines is 1. The van der Waals surface area contributed by atoms with Crippen molar-refractivity contribution >= 4 is 23.1 Å². The predicted molar refractivity (Wildman–Crippen MR) is 56.7 cm³/mol. The molecular weight excluding hydrogens is 237 g/mol. The summed E-state index contributed by atoms with van der Waals surface area (Å²) in [4.78, 5) is 6.78. The van der Waals surface area contributed by atoms with Gasteiger partial charge in [0.1, 0.15) is 10.5 Å². The number of halogens is 3. The summed E-state index contributed by atoms with van der Waals surface area (Å²) < 4.78 is 37.6. The number of nitrogens with zero attached hydrogens (tertiary/aromatic N) is 1. The molecule has 0 atom stereocenters. The number of nitrogens with one attached hydrogen (secondary N) is 1. The van der Waals surface area contributed by atoms with Crippen molar-refractivity contribution in [3.8, 4) is 0 Å². The molecule has 2 rings (SSSR count). The molecule has 0 bridgehead atoms. The summed E-state index contributed by atoms with van der Waals surface area (Å²) in [6, 6.07) is 3.40. The van der Waals surface area contributed by atoms with Gasteiger partial charge >= 0.3 is 6.18 Å². The van der Waals surface area contributed by atoms with E-state index < -0.39 is 11.7 Å². The molecule has 6 heteroatoms. The lowest BCUT2D eigenvalue weighted by molar-refractivity contribution is -0.137. The highest BCUT2D eigenvalue weighted by Gasteiger charge is 2.30. The van der Waals surface area contributed by atoms with E-state index in [0.717, 1.165) is 12.1 Å². The normalized spacial score (nSPS) is 12.0. The topological polar surface area (TPSA) is 28.7 Å². The van der Waals surface area contributed by atoms with Crippen molar-refractivity contribution in [2.24, 2.45) is 0 Å². The Labute approximate surface area is 94.1 Å². The largest absolute Gasteiger partial charge is 0.416 e. The summed E-state index contributed by atoms with van der Waals surface area (Å²) in [5.41, 5.74) is -0.157. The van der Waals surface area contributed by atoms with Crippen LogP contribution in [0.1, 0.15) is 11.4 Å². The van der Waals surface area contributed by atoms with Crippen molar-refractivity contribution in [3.05, 3.63) is 34.2 Å². The van der Waals surface area contributed by atoms with Crippen molar-refractivity contribution < 1.29 is 13.2 Å². The molecule has 2 nitrogen and oxygen atoms in total. The van der Waals surface area contributed by atoms with E-state index in [1.165, 1.54) is 6.07 Å². The van der Waals surface area contributed by atoms with Crippen LogP contribution >= 0.6 is 12.2 Å². The molecule has 0 aliphatic rings. The van der Waals surface area contributed by atoms with Gasteiger partial charge in [0.25, 0.3) is 0 Å². The Bertz CT molecular complexity index is 601. The number of H-pyrrole nitrogens is 1. The van der Waals surface area contributed by atoms with Crippen LogP contribution in [0.15, 0.2) is 18.2 Å². The first-order valence-corrected chi connectivity index (χ1v) is 4.86. The fraction of sp³-hybridized carbons (Fsp3) is 0.200. The summed E-state index contributed by atoms with van der Waals surface area (Å²) in [7, 11) is 0. The van der Waals surface area contributed by atoms with Gasteiger partial charge in [0.15, 0.2) is 0 Å². The molecule has 1 heterocycles. The van der Waals surface area contributed by atoms with Gasteiger partial charge in [-0.3, -0.25) is 0 Å². The molecule has 0 aliphatic carbocycles. The minimum absolute atomic E-state index is 0.178.